The molecule has 1 saturated heterocycles. The molecule has 0 aliphatic carbocycles. The number of carbonyl (C=O) groups is 2. The van der Waals surface area contributed by atoms with Crippen LogP contribution < -0.4 is 5.32 Å². The van der Waals surface area contributed by atoms with Crippen molar-refractivity contribution >= 4 is 22.8 Å². The first-order valence-corrected chi connectivity index (χ1v) is 7.91. The molecule has 1 aromatic carbocycles. The highest BCUT2D eigenvalue weighted by Gasteiger charge is 2.26. The first kappa shape index (κ1) is 15.5. The molecule has 1 atom stereocenters. The van der Waals surface area contributed by atoms with E-state index in [1.54, 1.807) is 6.07 Å². The summed E-state index contributed by atoms with van der Waals surface area (Å²) in [5.41, 5.74) is 3.02. The number of hydrogen-bond acceptors (Lipinski definition) is 4. The van der Waals surface area contributed by atoms with Gasteiger partial charge in [-0.25, -0.2) is 4.79 Å². The number of hydrogen-bond donors (Lipinski definition) is 1. The lowest BCUT2D eigenvalue weighted by molar-refractivity contribution is -0.129. The predicted octanol–water partition coefficient (Wildman–Crippen LogP) is 2.68. The molecule has 120 valence electrons. The van der Waals surface area contributed by atoms with Crippen molar-refractivity contribution in [3.05, 3.63) is 41.1 Å². The number of amides is 1. The number of aryl methyl sites for hydroxylation is 2. The van der Waals surface area contributed by atoms with Crippen molar-refractivity contribution in [1.82, 2.24) is 10.3 Å². The lowest BCUT2D eigenvalue weighted by Gasteiger charge is -2.15. The molecule has 1 amide bonds. The number of nitrogens with one attached hydrogen (secondary N) is 1. The van der Waals surface area contributed by atoms with Gasteiger partial charge in [0.25, 0.3) is 5.91 Å². The van der Waals surface area contributed by atoms with E-state index in [2.05, 4.69) is 10.3 Å². The summed E-state index contributed by atoms with van der Waals surface area (Å²) in [6.07, 6.45) is 1.64. The van der Waals surface area contributed by atoms with Crippen molar-refractivity contribution in [2.24, 2.45) is 0 Å². The first-order valence-electron chi connectivity index (χ1n) is 7.91. The molecule has 1 N–H and O–H groups in total. The number of esters is 1. The molecular formula is C18H20N2O3. The van der Waals surface area contributed by atoms with Crippen LogP contribution in [0.2, 0.25) is 0 Å². The minimum absolute atomic E-state index is 0.206. The van der Waals surface area contributed by atoms with Crippen molar-refractivity contribution in [2.75, 3.05) is 6.54 Å². The molecule has 1 aromatic heterocycles. The maximum atomic E-state index is 12.6. The molecule has 0 bridgehead atoms. The van der Waals surface area contributed by atoms with Gasteiger partial charge >= 0.3 is 5.97 Å². The normalized spacial score (nSPS) is 18.3. The Bertz CT molecular complexity index is 770. The third-order valence-corrected chi connectivity index (χ3v) is 4.05. The maximum Gasteiger partial charge on any atom is 0.339 e. The SMILES string of the molecule is Cc1ccc2nc(C)cc(C(=O)OC3CCCCNC3=O)c2c1. The van der Waals surface area contributed by atoms with E-state index in [1.807, 2.05) is 32.0 Å². The summed E-state index contributed by atoms with van der Waals surface area (Å²) in [7, 11) is 0. The number of carbonyl (C=O) groups excluding carboxylic acids is 2. The Balaban J connectivity index is 1.94. The van der Waals surface area contributed by atoms with Gasteiger partial charge in [-0.1, -0.05) is 11.6 Å². The van der Waals surface area contributed by atoms with Crippen LogP contribution in [-0.4, -0.2) is 29.5 Å². The number of aromatic nitrogens is 1. The average molecular weight is 312 g/mol. The number of rotatable bonds is 2. The molecule has 1 aliphatic heterocycles. The van der Waals surface area contributed by atoms with Crippen molar-refractivity contribution in [3.8, 4) is 0 Å². The third kappa shape index (κ3) is 3.33. The molecule has 0 radical (unpaired) electrons. The minimum Gasteiger partial charge on any atom is -0.449 e. The second-order valence-electron chi connectivity index (χ2n) is 6.01. The summed E-state index contributed by atoms with van der Waals surface area (Å²) in [4.78, 5) is 29.0. The van der Waals surface area contributed by atoms with E-state index in [9.17, 15) is 9.59 Å². The van der Waals surface area contributed by atoms with Crippen LogP contribution in [0.3, 0.4) is 0 Å². The third-order valence-electron chi connectivity index (χ3n) is 4.05. The summed E-state index contributed by atoms with van der Waals surface area (Å²) in [5, 5.41) is 3.54. The monoisotopic (exact) mass is 312 g/mol. The Morgan fingerprint density at radius 1 is 1.26 bits per heavy atom. The number of pyridine rings is 1. The van der Waals surface area contributed by atoms with Gasteiger partial charge in [0.15, 0.2) is 6.10 Å². The number of nitrogens with zero attached hydrogens (tertiary/aromatic N) is 1. The van der Waals surface area contributed by atoms with Crippen LogP contribution in [0.25, 0.3) is 10.9 Å². The number of fused-ring (bicyclic) bond motifs is 1. The van der Waals surface area contributed by atoms with Crippen LogP contribution in [0, 0.1) is 13.8 Å². The van der Waals surface area contributed by atoms with E-state index >= 15 is 0 Å². The standard InChI is InChI=1S/C18H20N2O3/c1-11-6-7-15-13(9-11)14(10-12(2)20-15)18(22)23-16-5-3-4-8-19-17(16)21/h6-7,9-10,16H,3-5,8H2,1-2H3,(H,19,21). The van der Waals surface area contributed by atoms with Gasteiger partial charge in [-0.2, -0.15) is 0 Å². The fourth-order valence-corrected chi connectivity index (χ4v) is 2.86. The van der Waals surface area contributed by atoms with Gasteiger partial charge in [0.2, 0.25) is 0 Å². The molecule has 2 aromatic rings. The molecule has 2 heterocycles. The van der Waals surface area contributed by atoms with Crippen LogP contribution >= 0.6 is 0 Å². The summed E-state index contributed by atoms with van der Waals surface area (Å²) in [6, 6.07) is 7.50. The highest BCUT2D eigenvalue weighted by molar-refractivity contribution is 6.04. The molecule has 0 spiro atoms. The topological polar surface area (TPSA) is 68.3 Å². The van der Waals surface area contributed by atoms with E-state index in [0.717, 1.165) is 35.0 Å². The first-order chi connectivity index (χ1) is 11.0. The molecule has 1 fully saturated rings. The van der Waals surface area contributed by atoms with Gasteiger partial charge in [-0.15, -0.1) is 0 Å². The predicted molar refractivity (Wildman–Crippen MR) is 87.3 cm³/mol. The smallest absolute Gasteiger partial charge is 0.339 e. The summed E-state index contributed by atoms with van der Waals surface area (Å²) < 4.78 is 5.49. The van der Waals surface area contributed by atoms with Gasteiger partial charge < -0.3 is 10.1 Å². The van der Waals surface area contributed by atoms with E-state index < -0.39 is 12.1 Å². The lowest BCUT2D eigenvalue weighted by atomic mass is 10.1. The average Bonchev–Trinajstić information content (AvgIpc) is 2.72. The molecular weight excluding hydrogens is 292 g/mol. The van der Waals surface area contributed by atoms with Gasteiger partial charge in [0.05, 0.1) is 11.1 Å². The van der Waals surface area contributed by atoms with E-state index in [0.29, 0.717) is 18.5 Å². The van der Waals surface area contributed by atoms with Gasteiger partial charge in [-0.05, 0) is 51.3 Å². The highest BCUT2D eigenvalue weighted by Crippen LogP contribution is 2.22. The number of benzene rings is 1. The summed E-state index contributed by atoms with van der Waals surface area (Å²) in [6.45, 7) is 4.45. The van der Waals surface area contributed by atoms with Crippen LogP contribution in [0.4, 0.5) is 0 Å². The van der Waals surface area contributed by atoms with Crippen molar-refractivity contribution in [2.45, 2.75) is 39.2 Å². The van der Waals surface area contributed by atoms with Gasteiger partial charge in [-0.3, -0.25) is 9.78 Å². The molecule has 1 aliphatic rings. The quantitative estimate of drug-likeness (QED) is 0.866. The Kier molecular flexibility index (Phi) is 4.28. The van der Waals surface area contributed by atoms with Crippen LogP contribution in [0.15, 0.2) is 24.3 Å². The van der Waals surface area contributed by atoms with E-state index in [4.69, 9.17) is 4.74 Å². The summed E-state index contributed by atoms with van der Waals surface area (Å²) in [5.74, 6) is -0.671. The highest BCUT2D eigenvalue weighted by atomic mass is 16.5. The summed E-state index contributed by atoms with van der Waals surface area (Å²) >= 11 is 0. The second-order valence-corrected chi connectivity index (χ2v) is 6.01. The van der Waals surface area contributed by atoms with Crippen LogP contribution in [0.5, 0.6) is 0 Å². The molecule has 5 nitrogen and oxygen atoms in total. The zero-order chi connectivity index (χ0) is 16.4. The Morgan fingerprint density at radius 3 is 2.91 bits per heavy atom. The van der Waals surface area contributed by atoms with Crippen molar-refractivity contribution < 1.29 is 14.3 Å². The van der Waals surface area contributed by atoms with Crippen LogP contribution in [-0.2, 0) is 9.53 Å². The van der Waals surface area contributed by atoms with E-state index in [-0.39, 0.29) is 5.91 Å². The Hall–Kier alpha value is -2.43. The zero-order valence-corrected chi connectivity index (χ0v) is 13.4. The molecule has 0 saturated carbocycles. The molecule has 23 heavy (non-hydrogen) atoms. The van der Waals surface area contributed by atoms with Gasteiger partial charge in [0.1, 0.15) is 0 Å². The fraction of sp³-hybridized carbons (Fsp3) is 0.389. The Morgan fingerprint density at radius 2 is 2.09 bits per heavy atom. The van der Waals surface area contributed by atoms with Gasteiger partial charge in [0, 0.05) is 17.6 Å². The van der Waals surface area contributed by atoms with Crippen LogP contribution in [0.1, 0.15) is 40.9 Å². The molecule has 1 unspecified atom stereocenters. The van der Waals surface area contributed by atoms with Crippen molar-refractivity contribution in [3.63, 3.8) is 0 Å². The number of ether oxygens (including phenoxy) is 1. The largest absolute Gasteiger partial charge is 0.449 e. The molecule has 3 rings (SSSR count). The molecule has 5 heteroatoms. The maximum absolute atomic E-state index is 12.6. The minimum atomic E-state index is -0.710. The Labute approximate surface area is 135 Å². The second kappa shape index (κ2) is 6.36. The zero-order valence-electron chi connectivity index (χ0n) is 13.4. The lowest BCUT2D eigenvalue weighted by Crippen LogP contribution is -2.36. The van der Waals surface area contributed by atoms with E-state index in [1.165, 1.54) is 0 Å². The fourth-order valence-electron chi connectivity index (χ4n) is 2.86. The van der Waals surface area contributed by atoms with Crippen molar-refractivity contribution in [1.29, 1.82) is 0 Å².